The molecule has 0 aliphatic heterocycles. The van der Waals surface area contributed by atoms with Gasteiger partial charge < -0.3 is 9.88 Å². The summed E-state index contributed by atoms with van der Waals surface area (Å²) in [6.07, 6.45) is 1.59. The average molecular weight is 231 g/mol. The molecule has 0 radical (unpaired) electrons. The van der Waals surface area contributed by atoms with E-state index in [1.165, 1.54) is 0 Å². The number of amides is 1. The molecule has 0 saturated carbocycles. The summed E-state index contributed by atoms with van der Waals surface area (Å²) in [5.74, 6) is 0.756. The van der Waals surface area contributed by atoms with Gasteiger partial charge in [0.1, 0.15) is 11.0 Å². The van der Waals surface area contributed by atoms with Gasteiger partial charge in [-0.05, 0) is 6.92 Å². The van der Waals surface area contributed by atoms with E-state index in [1.54, 1.807) is 24.7 Å². The molecule has 1 aromatic rings. The first kappa shape index (κ1) is 12.0. The Labute approximate surface area is 93.8 Å². The number of nitrogens with one attached hydrogen (secondary N) is 2. The molecule has 1 unspecified atom stereocenters. The molecule has 1 amide bonds. The second-order valence-electron chi connectivity index (χ2n) is 3.27. The second-order valence-corrected chi connectivity index (χ2v) is 3.66. The van der Waals surface area contributed by atoms with E-state index in [0.29, 0.717) is 11.7 Å². The summed E-state index contributed by atoms with van der Waals surface area (Å²) in [5.41, 5.74) is 0. The highest BCUT2D eigenvalue weighted by molar-refractivity contribution is 6.29. The van der Waals surface area contributed by atoms with Gasteiger partial charge in [0.25, 0.3) is 0 Å². The van der Waals surface area contributed by atoms with E-state index in [2.05, 4.69) is 15.6 Å². The van der Waals surface area contributed by atoms with Crippen LogP contribution >= 0.6 is 11.6 Å². The number of carbonyl (C=O) groups is 1. The van der Waals surface area contributed by atoms with E-state index in [0.717, 1.165) is 5.82 Å². The van der Waals surface area contributed by atoms with Crippen molar-refractivity contribution in [3.63, 3.8) is 0 Å². The lowest BCUT2D eigenvalue weighted by molar-refractivity contribution is -0.122. The monoisotopic (exact) mass is 230 g/mol. The van der Waals surface area contributed by atoms with E-state index in [9.17, 15) is 4.79 Å². The first-order valence-corrected chi connectivity index (χ1v) is 5.05. The molecule has 1 aromatic heterocycles. The summed E-state index contributed by atoms with van der Waals surface area (Å²) < 4.78 is 1.77. The standard InChI is InChI=1S/C9H15ClN4O/c1-6(9(15)11-2)12-5-8-13-4-7(10)14(8)3/h4,6,12H,5H2,1-3H3,(H,11,15). The van der Waals surface area contributed by atoms with E-state index in [-0.39, 0.29) is 11.9 Å². The van der Waals surface area contributed by atoms with Gasteiger partial charge in [0.2, 0.25) is 5.91 Å². The van der Waals surface area contributed by atoms with Gasteiger partial charge in [-0.25, -0.2) is 4.98 Å². The number of imidazole rings is 1. The van der Waals surface area contributed by atoms with Crippen molar-refractivity contribution in [2.45, 2.75) is 19.5 Å². The van der Waals surface area contributed by atoms with Crippen LogP contribution in [0.5, 0.6) is 0 Å². The molecule has 15 heavy (non-hydrogen) atoms. The van der Waals surface area contributed by atoms with Crippen molar-refractivity contribution in [1.29, 1.82) is 0 Å². The van der Waals surface area contributed by atoms with Crippen molar-refractivity contribution < 1.29 is 4.79 Å². The van der Waals surface area contributed by atoms with Gasteiger partial charge in [0, 0.05) is 14.1 Å². The second kappa shape index (κ2) is 5.14. The zero-order chi connectivity index (χ0) is 11.4. The third kappa shape index (κ3) is 2.94. The van der Waals surface area contributed by atoms with Gasteiger partial charge in [0.15, 0.2) is 0 Å². The number of rotatable bonds is 4. The van der Waals surface area contributed by atoms with Crippen LogP contribution in [-0.4, -0.2) is 28.5 Å². The highest BCUT2D eigenvalue weighted by Gasteiger charge is 2.11. The van der Waals surface area contributed by atoms with Gasteiger partial charge in [-0.2, -0.15) is 0 Å². The summed E-state index contributed by atoms with van der Waals surface area (Å²) in [4.78, 5) is 15.3. The van der Waals surface area contributed by atoms with Crippen molar-refractivity contribution >= 4 is 17.5 Å². The number of hydrogen-bond acceptors (Lipinski definition) is 3. The summed E-state index contributed by atoms with van der Waals surface area (Å²) in [5, 5.41) is 6.20. The van der Waals surface area contributed by atoms with E-state index >= 15 is 0 Å². The fraction of sp³-hybridized carbons (Fsp3) is 0.556. The van der Waals surface area contributed by atoms with Crippen molar-refractivity contribution in [1.82, 2.24) is 20.2 Å². The van der Waals surface area contributed by atoms with Crippen LogP contribution in [0.25, 0.3) is 0 Å². The Bertz CT molecular complexity index is 350. The first-order valence-electron chi connectivity index (χ1n) is 4.67. The summed E-state index contributed by atoms with van der Waals surface area (Å²) in [7, 11) is 3.44. The topological polar surface area (TPSA) is 59.0 Å². The molecule has 0 fully saturated rings. The largest absolute Gasteiger partial charge is 0.358 e. The maximum Gasteiger partial charge on any atom is 0.236 e. The number of carbonyl (C=O) groups excluding carboxylic acids is 1. The SMILES string of the molecule is CNC(=O)C(C)NCc1ncc(Cl)n1C. The van der Waals surface area contributed by atoms with Crippen LogP contribution in [0.15, 0.2) is 6.20 Å². The lowest BCUT2D eigenvalue weighted by atomic mass is 10.3. The predicted molar refractivity (Wildman–Crippen MR) is 58.6 cm³/mol. The Morgan fingerprint density at radius 1 is 1.73 bits per heavy atom. The number of aromatic nitrogens is 2. The lowest BCUT2D eigenvalue weighted by Crippen LogP contribution is -2.40. The Kier molecular flexibility index (Phi) is 4.11. The summed E-state index contributed by atoms with van der Waals surface area (Å²) >= 11 is 5.83. The summed E-state index contributed by atoms with van der Waals surface area (Å²) in [6, 6.07) is -0.245. The van der Waals surface area contributed by atoms with E-state index < -0.39 is 0 Å². The Hall–Kier alpha value is -1.07. The molecule has 2 N–H and O–H groups in total. The molecule has 1 atom stereocenters. The lowest BCUT2D eigenvalue weighted by Gasteiger charge is -2.11. The molecule has 0 aliphatic rings. The maximum atomic E-state index is 11.2. The van der Waals surface area contributed by atoms with Gasteiger partial charge in [-0.1, -0.05) is 11.6 Å². The zero-order valence-electron chi connectivity index (χ0n) is 9.04. The predicted octanol–water partition coefficient (Wildman–Crippen LogP) is 0.298. The van der Waals surface area contributed by atoms with Crippen LogP contribution in [0, 0.1) is 0 Å². The minimum atomic E-state index is -0.245. The third-order valence-electron chi connectivity index (χ3n) is 2.23. The maximum absolute atomic E-state index is 11.2. The van der Waals surface area contributed by atoms with Crippen LogP contribution in [0.4, 0.5) is 0 Å². The smallest absolute Gasteiger partial charge is 0.236 e. The van der Waals surface area contributed by atoms with Crippen molar-refractivity contribution in [3.8, 4) is 0 Å². The first-order chi connectivity index (χ1) is 7.06. The van der Waals surface area contributed by atoms with Crippen LogP contribution in [0.2, 0.25) is 5.15 Å². The van der Waals surface area contributed by atoms with Crippen LogP contribution in [0.1, 0.15) is 12.7 Å². The van der Waals surface area contributed by atoms with Crippen LogP contribution in [-0.2, 0) is 18.4 Å². The Balaban J connectivity index is 2.50. The molecule has 1 rings (SSSR count). The summed E-state index contributed by atoms with van der Waals surface area (Å²) in [6.45, 7) is 2.31. The minimum absolute atomic E-state index is 0.0460. The number of nitrogens with zero attached hydrogens (tertiary/aromatic N) is 2. The van der Waals surface area contributed by atoms with Crippen molar-refractivity contribution in [2.75, 3.05) is 7.05 Å². The normalized spacial score (nSPS) is 12.5. The molecule has 0 bridgehead atoms. The van der Waals surface area contributed by atoms with Gasteiger partial charge in [-0.15, -0.1) is 0 Å². The van der Waals surface area contributed by atoms with E-state index in [4.69, 9.17) is 11.6 Å². The molecule has 0 spiro atoms. The van der Waals surface area contributed by atoms with Crippen molar-refractivity contribution in [3.05, 3.63) is 17.2 Å². The molecule has 5 nitrogen and oxygen atoms in total. The Morgan fingerprint density at radius 2 is 2.40 bits per heavy atom. The third-order valence-corrected chi connectivity index (χ3v) is 2.58. The van der Waals surface area contributed by atoms with E-state index in [1.807, 2.05) is 7.05 Å². The van der Waals surface area contributed by atoms with Crippen LogP contribution < -0.4 is 10.6 Å². The molecule has 0 aliphatic carbocycles. The average Bonchev–Trinajstić information content (AvgIpc) is 2.55. The Morgan fingerprint density at radius 3 is 2.87 bits per heavy atom. The minimum Gasteiger partial charge on any atom is -0.358 e. The fourth-order valence-corrected chi connectivity index (χ4v) is 1.29. The van der Waals surface area contributed by atoms with Gasteiger partial charge in [0.05, 0.1) is 18.8 Å². The van der Waals surface area contributed by atoms with Gasteiger partial charge >= 0.3 is 0 Å². The molecular weight excluding hydrogens is 216 g/mol. The highest BCUT2D eigenvalue weighted by atomic mass is 35.5. The zero-order valence-corrected chi connectivity index (χ0v) is 9.80. The van der Waals surface area contributed by atoms with Crippen LogP contribution in [0.3, 0.4) is 0 Å². The fourth-order valence-electron chi connectivity index (χ4n) is 1.14. The number of hydrogen-bond donors (Lipinski definition) is 2. The quantitative estimate of drug-likeness (QED) is 0.782. The molecule has 0 saturated heterocycles. The highest BCUT2D eigenvalue weighted by Crippen LogP contribution is 2.08. The number of likely N-dealkylation sites (N-methyl/N-ethyl adjacent to an activating group) is 1. The van der Waals surface area contributed by atoms with Crippen molar-refractivity contribution in [2.24, 2.45) is 7.05 Å². The molecule has 0 aromatic carbocycles. The molecule has 6 heteroatoms. The molecular formula is C9H15ClN4O. The molecule has 1 heterocycles. The number of halogens is 1. The molecule has 84 valence electrons. The van der Waals surface area contributed by atoms with Gasteiger partial charge in [-0.3, -0.25) is 10.1 Å².